The molecule has 1 heterocycles. The molecule has 1 amide bonds. The molecule has 1 N–H and O–H groups in total. The summed E-state index contributed by atoms with van der Waals surface area (Å²) in [4.78, 5) is 11.5. The van der Waals surface area contributed by atoms with Gasteiger partial charge in [-0.1, -0.05) is 34.8 Å². The summed E-state index contributed by atoms with van der Waals surface area (Å²) >= 11 is 17.6. The number of hydrazone groups is 1. The van der Waals surface area contributed by atoms with Crippen molar-refractivity contribution >= 4 is 46.9 Å². The van der Waals surface area contributed by atoms with Gasteiger partial charge in [-0.15, -0.1) is 0 Å². The number of halogens is 3. The van der Waals surface area contributed by atoms with Gasteiger partial charge in [0.15, 0.2) is 12.4 Å². The van der Waals surface area contributed by atoms with Crippen molar-refractivity contribution in [2.45, 2.75) is 0 Å². The molecular formula is C13H9Cl3N2O3. The van der Waals surface area contributed by atoms with Gasteiger partial charge in [0, 0.05) is 5.02 Å². The first kappa shape index (κ1) is 15.7. The van der Waals surface area contributed by atoms with Gasteiger partial charge in [0.25, 0.3) is 5.91 Å². The third kappa shape index (κ3) is 4.67. The molecule has 0 aliphatic rings. The number of furan rings is 1. The van der Waals surface area contributed by atoms with Crippen molar-refractivity contribution in [3.8, 4) is 5.75 Å². The van der Waals surface area contributed by atoms with E-state index in [9.17, 15) is 4.79 Å². The highest BCUT2D eigenvalue weighted by Crippen LogP contribution is 2.35. The summed E-state index contributed by atoms with van der Waals surface area (Å²) in [6.07, 6.45) is 2.86. The van der Waals surface area contributed by atoms with E-state index in [1.807, 2.05) is 0 Å². The Morgan fingerprint density at radius 1 is 1.33 bits per heavy atom. The molecule has 0 aliphatic heterocycles. The highest BCUT2D eigenvalue weighted by Gasteiger charge is 2.11. The first-order chi connectivity index (χ1) is 10.1. The smallest absolute Gasteiger partial charge is 0.277 e. The van der Waals surface area contributed by atoms with Crippen molar-refractivity contribution in [1.82, 2.24) is 5.43 Å². The largest absolute Gasteiger partial charge is 0.481 e. The van der Waals surface area contributed by atoms with Crippen molar-refractivity contribution in [2.75, 3.05) is 6.61 Å². The normalized spacial score (nSPS) is 10.8. The van der Waals surface area contributed by atoms with Crippen LogP contribution >= 0.6 is 34.8 Å². The zero-order valence-electron chi connectivity index (χ0n) is 10.5. The number of nitrogens with one attached hydrogen (secondary N) is 1. The number of nitrogens with zero attached hydrogens (tertiary/aromatic N) is 1. The quantitative estimate of drug-likeness (QED) is 0.661. The SMILES string of the molecule is O=C(COc1c(Cl)cc(Cl)cc1Cl)N/N=C\c1ccco1. The highest BCUT2D eigenvalue weighted by molar-refractivity contribution is 6.40. The van der Waals surface area contributed by atoms with Gasteiger partial charge in [-0.05, 0) is 24.3 Å². The molecule has 0 saturated carbocycles. The lowest BCUT2D eigenvalue weighted by molar-refractivity contribution is -0.123. The summed E-state index contributed by atoms with van der Waals surface area (Å²) in [5, 5.41) is 4.52. The van der Waals surface area contributed by atoms with Gasteiger partial charge in [0.1, 0.15) is 5.76 Å². The topological polar surface area (TPSA) is 63.8 Å². The molecule has 110 valence electrons. The first-order valence-corrected chi connectivity index (χ1v) is 6.82. The number of ether oxygens (including phenoxy) is 1. The Labute approximate surface area is 135 Å². The van der Waals surface area contributed by atoms with Gasteiger partial charge in [-0.2, -0.15) is 5.10 Å². The summed E-state index contributed by atoms with van der Waals surface area (Å²) in [5.74, 6) is 0.229. The summed E-state index contributed by atoms with van der Waals surface area (Å²) in [7, 11) is 0. The fourth-order valence-corrected chi connectivity index (χ4v) is 2.30. The lowest BCUT2D eigenvalue weighted by Crippen LogP contribution is -2.24. The average Bonchev–Trinajstić information content (AvgIpc) is 2.90. The van der Waals surface area contributed by atoms with E-state index in [1.165, 1.54) is 24.6 Å². The van der Waals surface area contributed by atoms with E-state index < -0.39 is 5.91 Å². The van der Waals surface area contributed by atoms with Gasteiger partial charge in [-0.3, -0.25) is 4.79 Å². The minimum Gasteiger partial charge on any atom is -0.481 e. The number of amides is 1. The van der Waals surface area contributed by atoms with Crippen LogP contribution in [0.3, 0.4) is 0 Å². The minimum absolute atomic E-state index is 0.188. The highest BCUT2D eigenvalue weighted by atomic mass is 35.5. The monoisotopic (exact) mass is 346 g/mol. The lowest BCUT2D eigenvalue weighted by atomic mass is 10.3. The Kier molecular flexibility index (Phi) is 5.50. The summed E-state index contributed by atoms with van der Waals surface area (Å²) in [6.45, 7) is -0.295. The van der Waals surface area contributed by atoms with Crippen molar-refractivity contribution < 1.29 is 13.9 Å². The number of hydrogen-bond donors (Lipinski definition) is 1. The molecule has 8 heteroatoms. The van der Waals surface area contributed by atoms with Crippen molar-refractivity contribution in [2.24, 2.45) is 5.10 Å². The van der Waals surface area contributed by atoms with Crippen LogP contribution in [0, 0.1) is 0 Å². The van der Waals surface area contributed by atoms with Crippen molar-refractivity contribution in [3.63, 3.8) is 0 Å². The summed E-state index contributed by atoms with van der Waals surface area (Å²) in [5.41, 5.74) is 2.27. The van der Waals surface area contributed by atoms with Crippen LogP contribution in [0.2, 0.25) is 15.1 Å². The van der Waals surface area contributed by atoms with Crippen molar-refractivity contribution in [1.29, 1.82) is 0 Å². The third-order valence-corrected chi connectivity index (χ3v) is 3.01. The van der Waals surface area contributed by atoms with Gasteiger partial charge in [0.2, 0.25) is 0 Å². The van der Waals surface area contributed by atoms with Crippen LogP contribution in [0.15, 0.2) is 40.0 Å². The fourth-order valence-electron chi connectivity index (χ4n) is 1.37. The molecule has 0 radical (unpaired) electrons. The van der Waals surface area contributed by atoms with Crippen LogP contribution in [0.1, 0.15) is 5.76 Å². The van der Waals surface area contributed by atoms with E-state index in [-0.39, 0.29) is 22.4 Å². The van der Waals surface area contributed by atoms with Gasteiger partial charge in [-0.25, -0.2) is 5.43 Å². The van der Waals surface area contributed by atoms with Gasteiger partial charge >= 0.3 is 0 Å². The maximum Gasteiger partial charge on any atom is 0.277 e. The molecule has 0 atom stereocenters. The molecule has 0 fully saturated rings. The molecule has 1 aromatic heterocycles. The predicted molar refractivity (Wildman–Crippen MR) is 81.4 cm³/mol. The Morgan fingerprint density at radius 2 is 2.05 bits per heavy atom. The molecule has 2 rings (SSSR count). The number of benzene rings is 1. The zero-order chi connectivity index (χ0) is 15.2. The van der Waals surface area contributed by atoms with E-state index in [0.29, 0.717) is 10.8 Å². The number of carbonyl (C=O) groups excluding carboxylic acids is 1. The summed E-state index contributed by atoms with van der Waals surface area (Å²) < 4.78 is 10.2. The van der Waals surface area contributed by atoms with Crippen LogP contribution < -0.4 is 10.2 Å². The first-order valence-electron chi connectivity index (χ1n) is 5.69. The minimum atomic E-state index is -0.472. The molecule has 0 unspecified atom stereocenters. The number of rotatable bonds is 5. The van der Waals surface area contributed by atoms with Crippen LogP contribution in [-0.4, -0.2) is 18.7 Å². The molecule has 21 heavy (non-hydrogen) atoms. The Hall–Kier alpha value is -1.69. The van der Waals surface area contributed by atoms with Crippen LogP contribution in [0.25, 0.3) is 0 Å². The summed E-state index contributed by atoms with van der Waals surface area (Å²) in [6, 6.07) is 6.34. The molecular weight excluding hydrogens is 339 g/mol. The number of carbonyl (C=O) groups is 1. The van der Waals surface area contributed by atoms with Crippen molar-refractivity contribution in [3.05, 3.63) is 51.4 Å². The van der Waals surface area contributed by atoms with E-state index >= 15 is 0 Å². The third-order valence-electron chi connectivity index (χ3n) is 2.23. The lowest BCUT2D eigenvalue weighted by Gasteiger charge is -2.09. The van der Waals surface area contributed by atoms with Crippen LogP contribution in [0.4, 0.5) is 0 Å². The van der Waals surface area contributed by atoms with Crippen LogP contribution in [-0.2, 0) is 4.79 Å². The zero-order valence-corrected chi connectivity index (χ0v) is 12.7. The van der Waals surface area contributed by atoms with E-state index in [0.717, 1.165) is 0 Å². The molecule has 0 saturated heterocycles. The van der Waals surface area contributed by atoms with E-state index in [2.05, 4.69) is 10.5 Å². The second-order valence-electron chi connectivity index (χ2n) is 3.80. The van der Waals surface area contributed by atoms with Gasteiger partial charge in [0.05, 0.1) is 22.5 Å². The second-order valence-corrected chi connectivity index (χ2v) is 5.05. The fraction of sp³-hybridized carbons (Fsp3) is 0.0769. The van der Waals surface area contributed by atoms with Crippen LogP contribution in [0.5, 0.6) is 5.75 Å². The molecule has 2 aromatic rings. The van der Waals surface area contributed by atoms with E-state index in [4.69, 9.17) is 44.0 Å². The maximum atomic E-state index is 11.5. The Balaban J connectivity index is 1.87. The Morgan fingerprint density at radius 3 is 2.67 bits per heavy atom. The number of hydrogen-bond acceptors (Lipinski definition) is 4. The molecule has 0 aliphatic carbocycles. The standard InChI is InChI=1S/C13H9Cl3N2O3/c14-8-4-10(15)13(11(16)5-8)21-7-12(19)18-17-6-9-2-1-3-20-9/h1-6H,7H2,(H,18,19)/b17-6-. The average molecular weight is 348 g/mol. The van der Waals surface area contributed by atoms with E-state index in [1.54, 1.807) is 12.1 Å². The predicted octanol–water partition coefficient (Wildman–Crippen LogP) is 3.77. The molecule has 0 spiro atoms. The molecule has 1 aromatic carbocycles. The maximum absolute atomic E-state index is 11.5. The molecule has 5 nitrogen and oxygen atoms in total. The second kappa shape index (κ2) is 7.36. The van der Waals surface area contributed by atoms with Gasteiger partial charge < -0.3 is 9.15 Å². The Bertz CT molecular complexity index is 634. The molecule has 0 bridgehead atoms.